The van der Waals surface area contributed by atoms with Gasteiger partial charge in [-0.3, -0.25) is 9.59 Å². The summed E-state index contributed by atoms with van der Waals surface area (Å²) >= 11 is 6.05. The van der Waals surface area contributed by atoms with Crippen LogP contribution < -0.4 is 16.4 Å². The van der Waals surface area contributed by atoms with E-state index in [2.05, 4.69) is 21.8 Å². The molecule has 186 valence electrons. The Morgan fingerprint density at radius 3 is 2.27 bits per heavy atom. The largest absolute Gasteiger partial charge is 0.399 e. The van der Waals surface area contributed by atoms with Crippen molar-refractivity contribution >= 4 is 34.8 Å². The highest BCUT2D eigenvalue weighted by molar-refractivity contribution is 6.30. The van der Waals surface area contributed by atoms with Crippen LogP contribution in [0.25, 0.3) is 5.69 Å². The fourth-order valence-corrected chi connectivity index (χ4v) is 3.82. The fraction of sp³-hybridized carbons (Fsp3) is 0.143. The zero-order chi connectivity index (χ0) is 26.4. The van der Waals surface area contributed by atoms with Crippen LogP contribution in [0.15, 0.2) is 72.8 Å². The monoisotopic (exact) mass is 512 g/mol. The van der Waals surface area contributed by atoms with Crippen molar-refractivity contribution in [3.05, 3.63) is 106 Å². The number of aryl methyl sites for hydroxylation is 1. The van der Waals surface area contributed by atoms with E-state index in [1.165, 1.54) is 4.68 Å². The first-order valence-corrected chi connectivity index (χ1v) is 12.0. The summed E-state index contributed by atoms with van der Waals surface area (Å²) in [6.45, 7) is 2.76. The number of benzene rings is 3. The van der Waals surface area contributed by atoms with Crippen LogP contribution in [0.2, 0.25) is 5.02 Å². The Hall–Kier alpha value is -4.61. The minimum absolute atomic E-state index is 0.0560. The lowest BCUT2D eigenvalue weighted by atomic mass is 10.0. The van der Waals surface area contributed by atoms with E-state index in [9.17, 15) is 14.9 Å². The van der Waals surface area contributed by atoms with Gasteiger partial charge in [0.05, 0.1) is 5.69 Å². The maximum Gasteiger partial charge on any atom is 0.251 e. The van der Waals surface area contributed by atoms with Crippen molar-refractivity contribution in [2.75, 3.05) is 24.1 Å². The number of nitrogens with zero attached hydrogens (tertiary/aromatic N) is 3. The highest BCUT2D eigenvalue weighted by Crippen LogP contribution is 2.26. The van der Waals surface area contributed by atoms with Gasteiger partial charge >= 0.3 is 0 Å². The quantitative estimate of drug-likeness (QED) is 0.169. The molecule has 0 saturated carbocycles. The zero-order valence-electron chi connectivity index (χ0n) is 20.2. The molecule has 3 aromatic carbocycles. The number of hydrogen-bond acceptors (Lipinski definition) is 6. The Morgan fingerprint density at radius 2 is 1.62 bits per heavy atom. The number of amides is 1. The number of anilines is 2. The summed E-state index contributed by atoms with van der Waals surface area (Å²) in [6.07, 6.45) is 0.568. The predicted octanol–water partition coefficient (Wildman–Crippen LogP) is 4.75. The van der Waals surface area contributed by atoms with E-state index < -0.39 is 0 Å². The summed E-state index contributed by atoms with van der Waals surface area (Å²) in [4.78, 5) is 25.6. The molecular formula is C28H25ClN6O2. The van der Waals surface area contributed by atoms with Gasteiger partial charge in [0.25, 0.3) is 5.91 Å². The van der Waals surface area contributed by atoms with Gasteiger partial charge in [-0.2, -0.15) is 10.4 Å². The van der Waals surface area contributed by atoms with Crippen molar-refractivity contribution in [2.24, 2.45) is 0 Å². The van der Waals surface area contributed by atoms with Crippen molar-refractivity contribution in [1.29, 1.82) is 5.26 Å². The molecule has 1 aromatic heterocycles. The highest BCUT2D eigenvalue weighted by atomic mass is 35.5. The second-order valence-electron chi connectivity index (χ2n) is 8.43. The van der Waals surface area contributed by atoms with Gasteiger partial charge < -0.3 is 16.4 Å². The van der Waals surface area contributed by atoms with Crippen molar-refractivity contribution in [3.63, 3.8) is 0 Å². The smallest absolute Gasteiger partial charge is 0.251 e. The molecule has 4 rings (SSSR count). The maximum absolute atomic E-state index is 13.3. The Kier molecular flexibility index (Phi) is 7.86. The molecule has 0 aliphatic carbocycles. The molecule has 0 saturated heterocycles. The Morgan fingerprint density at radius 1 is 0.973 bits per heavy atom. The van der Waals surface area contributed by atoms with Crippen LogP contribution in [0.4, 0.5) is 11.5 Å². The molecule has 1 amide bonds. The Bertz CT molecular complexity index is 1450. The molecule has 4 N–H and O–H groups in total. The van der Waals surface area contributed by atoms with Crippen LogP contribution in [-0.4, -0.2) is 34.6 Å². The van der Waals surface area contributed by atoms with Gasteiger partial charge in [0, 0.05) is 34.9 Å². The van der Waals surface area contributed by atoms with Crippen molar-refractivity contribution in [2.45, 2.75) is 13.3 Å². The average molecular weight is 513 g/mol. The molecular weight excluding hydrogens is 488 g/mol. The van der Waals surface area contributed by atoms with Gasteiger partial charge in [0.15, 0.2) is 5.69 Å². The summed E-state index contributed by atoms with van der Waals surface area (Å²) in [5, 5.41) is 21.1. The van der Waals surface area contributed by atoms with Crippen LogP contribution in [0.1, 0.15) is 44.0 Å². The molecule has 0 bridgehead atoms. The summed E-state index contributed by atoms with van der Waals surface area (Å²) in [7, 11) is 0. The number of nitrogen functional groups attached to an aromatic ring is 1. The molecule has 0 aliphatic rings. The molecule has 8 nitrogen and oxygen atoms in total. The molecule has 0 aliphatic heterocycles. The van der Waals surface area contributed by atoms with Gasteiger partial charge in [-0.25, -0.2) is 4.68 Å². The van der Waals surface area contributed by atoms with Crippen molar-refractivity contribution < 1.29 is 9.59 Å². The average Bonchev–Trinajstić information content (AvgIpc) is 3.27. The third-order valence-electron chi connectivity index (χ3n) is 5.70. The van der Waals surface area contributed by atoms with E-state index in [1.54, 1.807) is 60.7 Å². The lowest BCUT2D eigenvalue weighted by Crippen LogP contribution is -2.26. The molecule has 37 heavy (non-hydrogen) atoms. The molecule has 0 spiro atoms. The van der Waals surface area contributed by atoms with Crippen LogP contribution in [0.5, 0.6) is 0 Å². The van der Waals surface area contributed by atoms with Crippen molar-refractivity contribution in [3.8, 4) is 11.8 Å². The molecule has 0 radical (unpaired) electrons. The topological polar surface area (TPSA) is 126 Å². The zero-order valence-corrected chi connectivity index (χ0v) is 20.9. The first-order valence-electron chi connectivity index (χ1n) is 11.7. The van der Waals surface area contributed by atoms with E-state index in [-0.39, 0.29) is 22.9 Å². The minimum atomic E-state index is -0.344. The molecule has 4 aromatic rings. The first-order chi connectivity index (χ1) is 17.9. The lowest BCUT2D eigenvalue weighted by Gasteiger charge is -2.11. The fourth-order valence-electron chi connectivity index (χ4n) is 3.69. The standard InChI is InChI=1S/C28H25ClN6O2/c1-18-3-5-19(6-4-18)26(36)25-24(17-30)27(35(34-25)23-13-9-21(29)10-14-23)32-15-2-16-33-28(37)20-7-11-22(31)12-8-20/h3-14,32H,2,15-16,31H2,1H3,(H,33,37). The van der Waals surface area contributed by atoms with Gasteiger partial charge in [0.1, 0.15) is 17.5 Å². The summed E-state index contributed by atoms with van der Waals surface area (Å²) < 4.78 is 1.53. The van der Waals surface area contributed by atoms with Gasteiger partial charge in [-0.15, -0.1) is 0 Å². The van der Waals surface area contributed by atoms with Gasteiger partial charge in [-0.05, 0) is 61.9 Å². The van der Waals surface area contributed by atoms with E-state index >= 15 is 0 Å². The Balaban J connectivity index is 1.53. The van der Waals surface area contributed by atoms with Crippen LogP contribution in [0, 0.1) is 18.3 Å². The van der Waals surface area contributed by atoms with E-state index in [1.807, 2.05) is 19.1 Å². The summed E-state index contributed by atoms with van der Waals surface area (Å²) in [5.41, 5.74) is 9.09. The maximum atomic E-state index is 13.3. The number of ketones is 1. The van der Waals surface area contributed by atoms with Gasteiger partial charge in [0.2, 0.25) is 5.78 Å². The molecule has 9 heteroatoms. The second-order valence-corrected chi connectivity index (χ2v) is 8.86. The number of rotatable bonds is 9. The number of nitriles is 1. The summed E-state index contributed by atoms with van der Waals surface area (Å²) in [5.74, 6) is -0.150. The van der Waals surface area contributed by atoms with Crippen LogP contribution >= 0.6 is 11.6 Å². The number of halogens is 1. The lowest BCUT2D eigenvalue weighted by molar-refractivity contribution is 0.0952. The summed E-state index contributed by atoms with van der Waals surface area (Å²) in [6, 6.07) is 22.9. The minimum Gasteiger partial charge on any atom is -0.399 e. The molecule has 0 fully saturated rings. The van der Waals surface area contributed by atoms with Crippen molar-refractivity contribution in [1.82, 2.24) is 15.1 Å². The number of hydrogen-bond donors (Lipinski definition) is 3. The molecule has 0 unspecified atom stereocenters. The van der Waals surface area contributed by atoms with Crippen LogP contribution in [-0.2, 0) is 0 Å². The Labute approximate surface area is 219 Å². The normalized spacial score (nSPS) is 10.5. The van der Waals surface area contributed by atoms with E-state index in [0.717, 1.165) is 5.56 Å². The van der Waals surface area contributed by atoms with E-state index in [4.69, 9.17) is 17.3 Å². The molecule has 0 atom stereocenters. The number of nitrogens with two attached hydrogens (primary N) is 1. The van der Waals surface area contributed by atoms with Crippen LogP contribution in [0.3, 0.4) is 0 Å². The number of carbonyl (C=O) groups is 2. The number of aromatic nitrogens is 2. The number of carbonyl (C=O) groups excluding carboxylic acids is 2. The van der Waals surface area contributed by atoms with E-state index in [0.29, 0.717) is 52.9 Å². The third-order valence-corrected chi connectivity index (χ3v) is 5.95. The molecule has 1 heterocycles. The number of nitrogens with one attached hydrogen (secondary N) is 2. The second kappa shape index (κ2) is 11.4. The van der Waals surface area contributed by atoms with Gasteiger partial charge in [-0.1, -0.05) is 41.4 Å². The first kappa shape index (κ1) is 25.5. The predicted molar refractivity (Wildman–Crippen MR) is 144 cm³/mol. The highest BCUT2D eigenvalue weighted by Gasteiger charge is 2.25. The third kappa shape index (κ3) is 5.97. The SMILES string of the molecule is Cc1ccc(C(=O)c2nn(-c3ccc(Cl)cc3)c(NCCCNC(=O)c3ccc(N)cc3)c2C#N)cc1.